The molecule has 4 saturated heterocycles. The molecule has 8 rings (SSSR count). The molecular formula is C46H64N4O4S2. The van der Waals surface area contributed by atoms with Crippen molar-refractivity contribution in [3.8, 4) is 11.5 Å². The first-order valence-electron chi connectivity index (χ1n) is 21.3. The summed E-state index contributed by atoms with van der Waals surface area (Å²) in [5.74, 6) is 1.96. The van der Waals surface area contributed by atoms with E-state index in [1.807, 2.05) is 0 Å². The van der Waals surface area contributed by atoms with E-state index in [2.05, 4.69) is 96.8 Å². The van der Waals surface area contributed by atoms with Crippen LogP contribution in [0.4, 0.5) is 0 Å². The van der Waals surface area contributed by atoms with Crippen molar-refractivity contribution in [2.24, 2.45) is 0 Å². The van der Waals surface area contributed by atoms with Crippen LogP contribution in [-0.4, -0.2) is 97.7 Å². The van der Waals surface area contributed by atoms with E-state index in [1.165, 1.54) is 60.0 Å². The third-order valence-electron chi connectivity index (χ3n) is 12.4. The largest absolute Gasteiger partial charge is 0.494 e. The van der Waals surface area contributed by atoms with Gasteiger partial charge in [-0.1, -0.05) is 24.3 Å². The summed E-state index contributed by atoms with van der Waals surface area (Å²) in [5, 5.41) is 6.77. The lowest BCUT2D eigenvalue weighted by molar-refractivity contribution is 0.0628. The number of unbranched alkanes of at least 4 members (excludes halogenated alkanes) is 1. The summed E-state index contributed by atoms with van der Waals surface area (Å²) < 4.78 is 23.6. The SMILES string of the molecule is Cc1csc(C2(c3ccc(OC4CCN(C(C)C)CC4)cc3)CCOCC2)n1.Cc1csc(C2(c3ccc(OCCCCN4CCCC4)cc3)CCOCC2)n1. The van der Waals surface area contributed by atoms with E-state index >= 15 is 0 Å². The summed E-state index contributed by atoms with van der Waals surface area (Å²) in [6.45, 7) is 18.8. The summed E-state index contributed by atoms with van der Waals surface area (Å²) in [6.07, 6.45) is 11.6. The van der Waals surface area contributed by atoms with Crippen LogP contribution in [0.15, 0.2) is 59.3 Å². The molecule has 0 atom stereocenters. The smallest absolute Gasteiger partial charge is 0.119 e. The van der Waals surface area contributed by atoms with Gasteiger partial charge < -0.3 is 28.7 Å². The van der Waals surface area contributed by atoms with Crippen LogP contribution in [0.25, 0.3) is 0 Å². The van der Waals surface area contributed by atoms with Crippen molar-refractivity contribution in [3.05, 3.63) is 91.8 Å². The predicted molar refractivity (Wildman–Crippen MR) is 229 cm³/mol. The van der Waals surface area contributed by atoms with Gasteiger partial charge in [0.15, 0.2) is 0 Å². The molecule has 0 N–H and O–H groups in total. The average Bonchev–Trinajstić information content (AvgIpc) is 4.03. The summed E-state index contributed by atoms with van der Waals surface area (Å²) in [4.78, 5) is 14.8. The fraction of sp³-hybridized carbons (Fsp3) is 0.609. The third kappa shape index (κ3) is 10.2. The second-order valence-corrected chi connectivity index (χ2v) is 18.3. The van der Waals surface area contributed by atoms with Gasteiger partial charge in [0.1, 0.15) is 27.6 Å². The van der Waals surface area contributed by atoms with Crippen molar-refractivity contribution < 1.29 is 18.9 Å². The monoisotopic (exact) mass is 800 g/mol. The molecule has 0 amide bonds. The molecule has 4 aromatic rings. The van der Waals surface area contributed by atoms with Crippen molar-refractivity contribution >= 4 is 22.7 Å². The standard InChI is InChI=1S/2C23H32N2O2S/c1-17(2)25-12-8-21(9-13-25)27-20-6-4-19(5-7-20)23(10-14-26-15-11-23)22-24-18(3)16-28-22;1-19-18-28-22(24-19)23(10-16-26-17-11-23)20-6-8-21(9-7-20)27-15-5-4-14-25-12-2-3-13-25/h4-7,16-17,21H,8-15H2,1-3H3;6-9,18H,2-5,10-17H2,1H3. The molecule has 0 spiro atoms. The Morgan fingerprint density at radius 1 is 0.696 bits per heavy atom. The highest BCUT2D eigenvalue weighted by atomic mass is 32.1. The van der Waals surface area contributed by atoms with E-state index < -0.39 is 0 Å². The van der Waals surface area contributed by atoms with Gasteiger partial charge >= 0.3 is 0 Å². The van der Waals surface area contributed by atoms with Gasteiger partial charge in [0.25, 0.3) is 0 Å². The number of aryl methyl sites for hydroxylation is 2. The molecule has 2 aromatic heterocycles. The highest BCUT2D eigenvalue weighted by Crippen LogP contribution is 2.44. The van der Waals surface area contributed by atoms with Crippen molar-refractivity contribution in [2.75, 3.05) is 65.8 Å². The lowest BCUT2D eigenvalue weighted by Gasteiger charge is -2.36. The van der Waals surface area contributed by atoms with Crippen molar-refractivity contribution in [1.82, 2.24) is 19.8 Å². The normalized spacial score (nSPS) is 20.4. The second-order valence-electron chi connectivity index (χ2n) is 16.6. The number of benzene rings is 2. The molecule has 4 fully saturated rings. The van der Waals surface area contributed by atoms with Gasteiger partial charge in [0.2, 0.25) is 0 Å². The maximum atomic E-state index is 6.30. The van der Waals surface area contributed by atoms with E-state index in [-0.39, 0.29) is 10.8 Å². The summed E-state index contributed by atoms with van der Waals surface area (Å²) in [7, 11) is 0. The second kappa shape index (κ2) is 19.7. The van der Waals surface area contributed by atoms with Gasteiger partial charge in [-0.05, 0) is 147 Å². The maximum Gasteiger partial charge on any atom is 0.119 e. The Hall–Kier alpha value is -2.86. The van der Waals surface area contributed by atoms with Crippen molar-refractivity contribution in [3.63, 3.8) is 0 Å². The third-order valence-corrected chi connectivity index (χ3v) is 14.7. The number of nitrogens with zero attached hydrogens (tertiary/aromatic N) is 4. The Bertz CT molecular complexity index is 1750. The molecule has 4 aliphatic heterocycles. The lowest BCUT2D eigenvalue weighted by atomic mass is 9.74. The van der Waals surface area contributed by atoms with Crippen LogP contribution < -0.4 is 9.47 Å². The van der Waals surface area contributed by atoms with Gasteiger partial charge in [-0.15, -0.1) is 22.7 Å². The number of hydrogen-bond acceptors (Lipinski definition) is 10. The Morgan fingerprint density at radius 2 is 1.20 bits per heavy atom. The molecule has 6 heterocycles. The van der Waals surface area contributed by atoms with Crippen LogP contribution in [0.2, 0.25) is 0 Å². The van der Waals surface area contributed by atoms with Crippen molar-refractivity contribution in [1.29, 1.82) is 0 Å². The molecule has 10 heteroatoms. The molecule has 0 unspecified atom stereocenters. The number of thiazole rings is 2. The van der Waals surface area contributed by atoms with E-state index in [0.29, 0.717) is 12.1 Å². The molecule has 0 radical (unpaired) electrons. The number of aromatic nitrogens is 2. The number of piperidine rings is 1. The van der Waals surface area contributed by atoms with Crippen LogP contribution >= 0.6 is 22.7 Å². The van der Waals surface area contributed by atoms with Crippen LogP contribution in [0.3, 0.4) is 0 Å². The van der Waals surface area contributed by atoms with E-state index in [4.69, 9.17) is 28.9 Å². The molecular weight excluding hydrogens is 737 g/mol. The minimum Gasteiger partial charge on any atom is -0.494 e. The minimum absolute atomic E-state index is 0.00850. The number of rotatable bonds is 13. The Kier molecular flexibility index (Phi) is 14.6. The number of likely N-dealkylation sites (tertiary alicyclic amines) is 2. The molecule has 0 aliphatic carbocycles. The zero-order valence-electron chi connectivity index (χ0n) is 34.3. The Balaban J connectivity index is 0.000000172. The average molecular weight is 801 g/mol. The Morgan fingerprint density at radius 3 is 1.66 bits per heavy atom. The quantitative estimate of drug-likeness (QED) is 0.124. The van der Waals surface area contributed by atoms with Crippen LogP contribution in [-0.2, 0) is 20.3 Å². The zero-order chi connectivity index (χ0) is 38.8. The fourth-order valence-electron chi connectivity index (χ4n) is 8.90. The van der Waals surface area contributed by atoms with E-state index in [9.17, 15) is 0 Å². The van der Waals surface area contributed by atoms with Gasteiger partial charge in [0.05, 0.1) is 17.4 Å². The number of ether oxygens (including phenoxy) is 4. The van der Waals surface area contributed by atoms with Gasteiger partial charge in [0, 0.05) is 67.7 Å². The molecule has 2 aromatic carbocycles. The first-order valence-corrected chi connectivity index (χ1v) is 23.1. The predicted octanol–water partition coefficient (Wildman–Crippen LogP) is 9.60. The summed E-state index contributed by atoms with van der Waals surface area (Å²) >= 11 is 3.56. The van der Waals surface area contributed by atoms with Crippen molar-refractivity contribution in [2.45, 2.75) is 115 Å². The molecule has 304 valence electrons. The highest BCUT2D eigenvalue weighted by Gasteiger charge is 2.40. The van der Waals surface area contributed by atoms with Gasteiger partial charge in [-0.25, -0.2) is 9.97 Å². The highest BCUT2D eigenvalue weighted by molar-refractivity contribution is 7.10. The first-order chi connectivity index (χ1) is 27.3. The fourth-order valence-corrected chi connectivity index (χ4v) is 11.1. The van der Waals surface area contributed by atoms with Gasteiger partial charge in [-0.3, -0.25) is 0 Å². The molecule has 4 aliphatic rings. The van der Waals surface area contributed by atoms with Gasteiger partial charge in [-0.2, -0.15) is 0 Å². The van der Waals surface area contributed by atoms with Crippen LogP contribution in [0.1, 0.15) is 111 Å². The van der Waals surface area contributed by atoms with Crippen LogP contribution in [0.5, 0.6) is 11.5 Å². The topological polar surface area (TPSA) is 69.2 Å². The molecule has 0 bridgehead atoms. The summed E-state index contributed by atoms with van der Waals surface area (Å²) in [6, 6.07) is 18.2. The molecule has 56 heavy (non-hydrogen) atoms. The van der Waals surface area contributed by atoms with Crippen LogP contribution in [0, 0.1) is 13.8 Å². The van der Waals surface area contributed by atoms with E-state index in [0.717, 1.165) is 114 Å². The van der Waals surface area contributed by atoms with E-state index in [1.54, 1.807) is 22.7 Å². The zero-order valence-corrected chi connectivity index (χ0v) is 35.9. The minimum atomic E-state index is -0.0156. The molecule has 8 nitrogen and oxygen atoms in total. The maximum absolute atomic E-state index is 6.30. The first kappa shape index (κ1) is 41.3. The summed E-state index contributed by atoms with van der Waals surface area (Å²) in [5.41, 5.74) is 4.88. The number of hydrogen-bond donors (Lipinski definition) is 0. The molecule has 0 saturated carbocycles. The Labute approximate surface area is 343 Å². The lowest BCUT2D eigenvalue weighted by Crippen LogP contribution is -2.41.